The zero-order valence-corrected chi connectivity index (χ0v) is 11.6. The summed E-state index contributed by atoms with van der Waals surface area (Å²) < 4.78 is 6.83. The highest BCUT2D eigenvalue weighted by atomic mass is 16.5. The molecule has 0 aliphatic rings. The predicted molar refractivity (Wildman–Crippen MR) is 79.5 cm³/mol. The van der Waals surface area contributed by atoms with E-state index in [1.54, 1.807) is 24.3 Å². The lowest BCUT2D eigenvalue weighted by Gasteiger charge is -2.08. The van der Waals surface area contributed by atoms with Crippen molar-refractivity contribution in [2.24, 2.45) is 0 Å². The van der Waals surface area contributed by atoms with Crippen LogP contribution >= 0.6 is 0 Å². The molecule has 3 aromatic rings. The molecule has 0 radical (unpaired) electrons. The number of aromatic nitrogens is 4. The van der Waals surface area contributed by atoms with Gasteiger partial charge >= 0.3 is 0 Å². The molecule has 6 heteroatoms. The van der Waals surface area contributed by atoms with Gasteiger partial charge in [-0.3, -0.25) is 0 Å². The van der Waals surface area contributed by atoms with E-state index in [0.717, 1.165) is 22.8 Å². The smallest absolute Gasteiger partial charge is 0.155 e. The number of pyridine rings is 1. The van der Waals surface area contributed by atoms with Gasteiger partial charge in [0.25, 0.3) is 0 Å². The monoisotopic (exact) mass is 281 g/mol. The van der Waals surface area contributed by atoms with E-state index in [1.807, 2.05) is 36.4 Å². The summed E-state index contributed by atoms with van der Waals surface area (Å²) in [6.45, 7) is 0.710. The van der Waals surface area contributed by atoms with E-state index in [2.05, 4.69) is 20.4 Å². The summed E-state index contributed by atoms with van der Waals surface area (Å²) >= 11 is 0. The van der Waals surface area contributed by atoms with Crippen LogP contribution in [0.3, 0.4) is 0 Å². The minimum Gasteiger partial charge on any atom is -0.497 e. The fraction of sp³-hybridized carbons (Fsp3) is 0.133. The lowest BCUT2D eigenvalue weighted by Crippen LogP contribution is -2.02. The van der Waals surface area contributed by atoms with Gasteiger partial charge in [-0.05, 0) is 29.8 Å². The number of anilines is 1. The largest absolute Gasteiger partial charge is 0.497 e. The average Bonchev–Trinajstić information content (AvgIpc) is 3.08. The normalized spacial score (nSPS) is 10.3. The summed E-state index contributed by atoms with van der Waals surface area (Å²) in [5.74, 6) is 1.59. The third kappa shape index (κ3) is 3.17. The van der Waals surface area contributed by atoms with E-state index in [-0.39, 0.29) is 0 Å². The third-order valence-electron chi connectivity index (χ3n) is 3.03. The zero-order valence-electron chi connectivity index (χ0n) is 11.6. The van der Waals surface area contributed by atoms with Gasteiger partial charge in [0, 0.05) is 6.54 Å². The molecule has 0 saturated carbocycles. The van der Waals surface area contributed by atoms with Crippen molar-refractivity contribution in [2.45, 2.75) is 6.54 Å². The first kappa shape index (κ1) is 13.1. The van der Waals surface area contributed by atoms with E-state index in [1.165, 1.54) is 6.33 Å². The Bertz CT molecular complexity index is 694. The maximum Gasteiger partial charge on any atom is 0.155 e. The van der Waals surface area contributed by atoms with Crippen molar-refractivity contribution in [1.29, 1.82) is 0 Å². The van der Waals surface area contributed by atoms with Gasteiger partial charge in [-0.2, -0.15) is 5.10 Å². The number of methoxy groups -OCH3 is 1. The SMILES string of the molecule is COc1cccc(CNc2ccc(-n3cncn3)nc2)c1. The molecule has 0 fully saturated rings. The Kier molecular flexibility index (Phi) is 3.77. The van der Waals surface area contributed by atoms with Gasteiger partial charge < -0.3 is 10.1 Å². The fourth-order valence-electron chi connectivity index (χ4n) is 1.94. The molecule has 21 heavy (non-hydrogen) atoms. The number of rotatable bonds is 5. The van der Waals surface area contributed by atoms with Crippen molar-refractivity contribution in [3.8, 4) is 11.6 Å². The Labute approximate surface area is 122 Å². The van der Waals surface area contributed by atoms with Crippen LogP contribution in [0.4, 0.5) is 5.69 Å². The number of ether oxygens (including phenoxy) is 1. The van der Waals surface area contributed by atoms with Crippen LogP contribution in [0.1, 0.15) is 5.56 Å². The van der Waals surface area contributed by atoms with E-state index in [9.17, 15) is 0 Å². The summed E-state index contributed by atoms with van der Waals surface area (Å²) in [6, 6.07) is 11.8. The molecule has 0 bridgehead atoms. The maximum atomic E-state index is 5.21. The molecule has 6 nitrogen and oxygen atoms in total. The van der Waals surface area contributed by atoms with Crippen LogP contribution in [-0.2, 0) is 6.54 Å². The summed E-state index contributed by atoms with van der Waals surface area (Å²) in [4.78, 5) is 8.24. The van der Waals surface area contributed by atoms with Crippen LogP contribution in [0.5, 0.6) is 5.75 Å². The first-order valence-corrected chi connectivity index (χ1v) is 6.53. The molecule has 3 rings (SSSR count). The second kappa shape index (κ2) is 6.04. The lowest BCUT2D eigenvalue weighted by molar-refractivity contribution is 0.414. The second-order valence-electron chi connectivity index (χ2n) is 4.45. The first-order chi connectivity index (χ1) is 10.3. The second-order valence-corrected chi connectivity index (χ2v) is 4.45. The third-order valence-corrected chi connectivity index (χ3v) is 3.03. The molecule has 106 valence electrons. The fourth-order valence-corrected chi connectivity index (χ4v) is 1.94. The highest BCUT2D eigenvalue weighted by molar-refractivity contribution is 5.44. The first-order valence-electron chi connectivity index (χ1n) is 6.53. The Hall–Kier alpha value is -2.89. The number of nitrogens with one attached hydrogen (secondary N) is 1. The topological polar surface area (TPSA) is 64.9 Å². The summed E-state index contributed by atoms with van der Waals surface area (Å²) in [7, 11) is 1.67. The van der Waals surface area contributed by atoms with Crippen LogP contribution < -0.4 is 10.1 Å². The Balaban J connectivity index is 1.65. The van der Waals surface area contributed by atoms with E-state index in [0.29, 0.717) is 6.54 Å². The standard InChI is InChI=1S/C15H15N5O/c1-21-14-4-2-3-12(7-14)8-17-13-5-6-15(18-9-13)20-11-16-10-19-20/h2-7,9-11,17H,8H2,1H3. The maximum absolute atomic E-state index is 5.21. The van der Waals surface area contributed by atoms with Gasteiger partial charge in [0.1, 0.15) is 18.4 Å². The number of hydrogen-bond acceptors (Lipinski definition) is 5. The van der Waals surface area contributed by atoms with Crippen molar-refractivity contribution >= 4 is 5.69 Å². The molecular formula is C15H15N5O. The van der Waals surface area contributed by atoms with Gasteiger partial charge in [0.15, 0.2) is 5.82 Å². The van der Waals surface area contributed by atoms with Crippen LogP contribution in [0.15, 0.2) is 55.2 Å². The van der Waals surface area contributed by atoms with Crippen molar-refractivity contribution in [1.82, 2.24) is 19.7 Å². The van der Waals surface area contributed by atoms with Crippen LogP contribution in [0.2, 0.25) is 0 Å². The van der Waals surface area contributed by atoms with E-state index in [4.69, 9.17) is 4.74 Å². The van der Waals surface area contributed by atoms with Crippen LogP contribution in [0, 0.1) is 0 Å². The molecule has 0 aliphatic heterocycles. The zero-order chi connectivity index (χ0) is 14.5. The number of benzene rings is 1. The number of nitrogens with zero attached hydrogens (tertiary/aromatic N) is 4. The molecule has 1 N–H and O–H groups in total. The van der Waals surface area contributed by atoms with E-state index >= 15 is 0 Å². The van der Waals surface area contributed by atoms with Gasteiger partial charge in [-0.15, -0.1) is 0 Å². The highest BCUT2D eigenvalue weighted by Gasteiger charge is 2.00. The highest BCUT2D eigenvalue weighted by Crippen LogP contribution is 2.15. The Morgan fingerprint density at radius 1 is 1.24 bits per heavy atom. The van der Waals surface area contributed by atoms with Gasteiger partial charge in [0.05, 0.1) is 19.0 Å². The van der Waals surface area contributed by atoms with Crippen molar-refractivity contribution in [3.63, 3.8) is 0 Å². The molecule has 0 amide bonds. The van der Waals surface area contributed by atoms with Crippen molar-refractivity contribution in [2.75, 3.05) is 12.4 Å². The minimum absolute atomic E-state index is 0.710. The minimum atomic E-state index is 0.710. The molecule has 0 aliphatic carbocycles. The molecule has 2 heterocycles. The molecule has 0 saturated heterocycles. The summed E-state index contributed by atoms with van der Waals surface area (Å²) in [6.07, 6.45) is 4.87. The average molecular weight is 281 g/mol. The van der Waals surface area contributed by atoms with Gasteiger partial charge in [-0.1, -0.05) is 12.1 Å². The van der Waals surface area contributed by atoms with Crippen LogP contribution in [-0.4, -0.2) is 26.9 Å². The summed E-state index contributed by atoms with van der Waals surface area (Å²) in [5, 5.41) is 7.36. The molecular weight excluding hydrogens is 266 g/mol. The molecule has 2 aromatic heterocycles. The Morgan fingerprint density at radius 3 is 2.90 bits per heavy atom. The van der Waals surface area contributed by atoms with Gasteiger partial charge in [-0.25, -0.2) is 14.6 Å². The van der Waals surface area contributed by atoms with Crippen LogP contribution in [0.25, 0.3) is 5.82 Å². The molecule has 0 atom stereocenters. The lowest BCUT2D eigenvalue weighted by atomic mass is 10.2. The summed E-state index contributed by atoms with van der Waals surface area (Å²) in [5.41, 5.74) is 2.09. The molecule has 0 unspecified atom stereocenters. The van der Waals surface area contributed by atoms with E-state index < -0.39 is 0 Å². The molecule has 1 aromatic carbocycles. The van der Waals surface area contributed by atoms with Crippen molar-refractivity contribution < 1.29 is 4.74 Å². The number of hydrogen-bond donors (Lipinski definition) is 1. The quantitative estimate of drug-likeness (QED) is 0.777. The predicted octanol–water partition coefficient (Wildman–Crippen LogP) is 2.28. The molecule has 0 spiro atoms. The van der Waals surface area contributed by atoms with Gasteiger partial charge in [0.2, 0.25) is 0 Å². The Morgan fingerprint density at radius 2 is 2.19 bits per heavy atom. The van der Waals surface area contributed by atoms with Crippen molar-refractivity contribution in [3.05, 3.63) is 60.8 Å².